The van der Waals surface area contributed by atoms with E-state index in [1.54, 1.807) is 55.5 Å². The fraction of sp³-hybridized carbons (Fsp3) is 0.111. The van der Waals surface area contributed by atoms with Crippen LogP contribution in [0.15, 0.2) is 72.8 Å². The topological polar surface area (TPSA) is 62.1 Å². The summed E-state index contributed by atoms with van der Waals surface area (Å²) < 4.78 is 5.98. The number of carbonyl (C=O) groups is 1. The SMILES string of the molecule is C=CCc1cc(/C=C(\C#N)C(=O)Nc2cccc(Cl)c2C)ccc1OCc1ccc(Cl)c(Cl)c1. The van der Waals surface area contributed by atoms with Crippen molar-refractivity contribution in [1.82, 2.24) is 0 Å². The maximum atomic E-state index is 12.7. The highest BCUT2D eigenvalue weighted by molar-refractivity contribution is 6.42. The number of nitrogens with one attached hydrogen (secondary N) is 1. The lowest BCUT2D eigenvalue weighted by Crippen LogP contribution is -2.14. The molecule has 0 aliphatic heterocycles. The third-order valence-corrected chi connectivity index (χ3v) is 6.17. The zero-order chi connectivity index (χ0) is 24.7. The first kappa shape index (κ1) is 25.4. The number of hydrogen-bond donors (Lipinski definition) is 1. The number of nitrogens with zero attached hydrogens (tertiary/aromatic N) is 1. The van der Waals surface area contributed by atoms with E-state index in [9.17, 15) is 10.1 Å². The molecule has 0 fully saturated rings. The van der Waals surface area contributed by atoms with Gasteiger partial charge in [0.25, 0.3) is 5.91 Å². The van der Waals surface area contributed by atoms with Gasteiger partial charge in [-0.1, -0.05) is 59.1 Å². The number of amides is 1. The summed E-state index contributed by atoms with van der Waals surface area (Å²) in [6, 6.07) is 17.9. The Labute approximate surface area is 214 Å². The summed E-state index contributed by atoms with van der Waals surface area (Å²) >= 11 is 18.2. The van der Waals surface area contributed by atoms with Crippen molar-refractivity contribution >= 4 is 52.5 Å². The van der Waals surface area contributed by atoms with Crippen LogP contribution in [0.3, 0.4) is 0 Å². The van der Waals surface area contributed by atoms with Gasteiger partial charge in [-0.15, -0.1) is 6.58 Å². The van der Waals surface area contributed by atoms with Crippen molar-refractivity contribution < 1.29 is 9.53 Å². The molecule has 0 bridgehead atoms. The van der Waals surface area contributed by atoms with Gasteiger partial charge in [0, 0.05) is 10.7 Å². The largest absolute Gasteiger partial charge is 0.489 e. The molecule has 0 radical (unpaired) electrons. The Kier molecular flexibility index (Phi) is 8.79. The summed E-state index contributed by atoms with van der Waals surface area (Å²) in [7, 11) is 0. The summed E-state index contributed by atoms with van der Waals surface area (Å²) in [4.78, 5) is 12.7. The maximum Gasteiger partial charge on any atom is 0.266 e. The van der Waals surface area contributed by atoms with Crippen LogP contribution in [0.2, 0.25) is 15.1 Å². The van der Waals surface area contributed by atoms with Crippen LogP contribution in [-0.4, -0.2) is 5.91 Å². The van der Waals surface area contributed by atoms with Gasteiger partial charge in [-0.05, 0) is 78.1 Å². The van der Waals surface area contributed by atoms with Crippen LogP contribution in [0.5, 0.6) is 5.75 Å². The Hall–Kier alpha value is -3.23. The minimum atomic E-state index is -0.516. The van der Waals surface area contributed by atoms with Crippen molar-refractivity contribution in [3.05, 3.63) is 110 Å². The van der Waals surface area contributed by atoms with Crippen LogP contribution in [0.4, 0.5) is 5.69 Å². The molecule has 0 aromatic heterocycles. The number of anilines is 1. The number of carbonyl (C=O) groups excluding carboxylic acids is 1. The highest BCUT2D eigenvalue weighted by atomic mass is 35.5. The van der Waals surface area contributed by atoms with Gasteiger partial charge in [0.15, 0.2) is 0 Å². The molecular weight excluding hydrogens is 491 g/mol. The molecule has 0 atom stereocenters. The average molecular weight is 512 g/mol. The second kappa shape index (κ2) is 11.8. The number of hydrogen-bond acceptors (Lipinski definition) is 3. The Bertz CT molecular complexity index is 1310. The van der Waals surface area contributed by atoms with E-state index >= 15 is 0 Å². The van der Waals surface area contributed by atoms with Gasteiger partial charge >= 0.3 is 0 Å². The van der Waals surface area contributed by atoms with Gasteiger partial charge in [0.1, 0.15) is 24.0 Å². The van der Waals surface area contributed by atoms with Gasteiger partial charge in [-0.3, -0.25) is 4.79 Å². The monoisotopic (exact) mass is 510 g/mol. The molecular formula is C27H21Cl3N2O2. The molecule has 0 saturated carbocycles. The molecule has 4 nitrogen and oxygen atoms in total. The van der Waals surface area contributed by atoms with E-state index in [2.05, 4.69) is 11.9 Å². The molecule has 7 heteroatoms. The predicted molar refractivity (Wildman–Crippen MR) is 140 cm³/mol. The van der Waals surface area contributed by atoms with E-state index in [0.29, 0.717) is 45.1 Å². The third kappa shape index (κ3) is 6.42. The van der Waals surface area contributed by atoms with Crippen LogP contribution < -0.4 is 10.1 Å². The van der Waals surface area contributed by atoms with Crippen LogP contribution in [0.1, 0.15) is 22.3 Å². The van der Waals surface area contributed by atoms with Crippen LogP contribution in [0.25, 0.3) is 6.08 Å². The molecule has 0 spiro atoms. The molecule has 1 amide bonds. The van der Waals surface area contributed by atoms with E-state index in [-0.39, 0.29) is 5.57 Å². The molecule has 3 aromatic carbocycles. The van der Waals surface area contributed by atoms with Gasteiger partial charge < -0.3 is 10.1 Å². The third-order valence-electron chi connectivity index (χ3n) is 5.02. The lowest BCUT2D eigenvalue weighted by atomic mass is 10.0. The van der Waals surface area contributed by atoms with Crippen molar-refractivity contribution in [2.75, 3.05) is 5.32 Å². The summed E-state index contributed by atoms with van der Waals surface area (Å²) in [6.07, 6.45) is 3.84. The van der Waals surface area contributed by atoms with Crippen LogP contribution >= 0.6 is 34.8 Å². The normalized spacial score (nSPS) is 11.0. The first-order valence-corrected chi connectivity index (χ1v) is 11.4. The molecule has 0 saturated heterocycles. The summed E-state index contributed by atoms with van der Waals surface area (Å²) in [5.74, 6) is 0.152. The lowest BCUT2D eigenvalue weighted by Gasteiger charge is -2.12. The van der Waals surface area contributed by atoms with Gasteiger partial charge in [-0.2, -0.15) is 5.26 Å². The zero-order valence-electron chi connectivity index (χ0n) is 18.4. The predicted octanol–water partition coefficient (Wildman–Crippen LogP) is 7.81. The van der Waals surface area contributed by atoms with Crippen molar-refractivity contribution in [2.24, 2.45) is 0 Å². The van der Waals surface area contributed by atoms with Crippen molar-refractivity contribution in [3.63, 3.8) is 0 Å². The Balaban J connectivity index is 1.81. The smallest absolute Gasteiger partial charge is 0.266 e. The highest BCUT2D eigenvalue weighted by Gasteiger charge is 2.13. The lowest BCUT2D eigenvalue weighted by molar-refractivity contribution is -0.112. The Morgan fingerprint density at radius 1 is 1.09 bits per heavy atom. The molecule has 0 aliphatic rings. The first-order valence-electron chi connectivity index (χ1n) is 10.3. The summed E-state index contributed by atoms with van der Waals surface area (Å²) in [5.41, 5.74) is 3.68. The number of allylic oxidation sites excluding steroid dienone is 1. The zero-order valence-corrected chi connectivity index (χ0v) is 20.6. The fourth-order valence-electron chi connectivity index (χ4n) is 3.18. The minimum Gasteiger partial charge on any atom is -0.489 e. The molecule has 0 unspecified atom stereocenters. The van der Waals surface area contributed by atoms with E-state index in [4.69, 9.17) is 39.5 Å². The molecule has 172 valence electrons. The molecule has 1 N–H and O–H groups in total. The number of nitriles is 1. The molecule has 34 heavy (non-hydrogen) atoms. The fourth-order valence-corrected chi connectivity index (χ4v) is 3.68. The van der Waals surface area contributed by atoms with Crippen molar-refractivity contribution in [2.45, 2.75) is 20.0 Å². The van der Waals surface area contributed by atoms with E-state index < -0.39 is 5.91 Å². The highest BCUT2D eigenvalue weighted by Crippen LogP contribution is 2.27. The van der Waals surface area contributed by atoms with Gasteiger partial charge in [0.2, 0.25) is 0 Å². The molecule has 0 heterocycles. The number of benzene rings is 3. The first-order chi connectivity index (χ1) is 16.3. The van der Waals surface area contributed by atoms with E-state index in [1.807, 2.05) is 18.2 Å². The molecule has 3 rings (SSSR count). The van der Waals surface area contributed by atoms with E-state index in [1.165, 1.54) is 6.08 Å². The molecule has 3 aromatic rings. The number of rotatable bonds is 8. The van der Waals surface area contributed by atoms with Crippen LogP contribution in [0, 0.1) is 18.3 Å². The van der Waals surface area contributed by atoms with E-state index in [0.717, 1.165) is 16.7 Å². The summed E-state index contributed by atoms with van der Waals surface area (Å²) in [5, 5.41) is 13.8. The quantitative estimate of drug-likeness (QED) is 0.191. The van der Waals surface area contributed by atoms with Crippen LogP contribution in [-0.2, 0) is 17.8 Å². The minimum absolute atomic E-state index is 0.0339. The second-order valence-corrected chi connectivity index (χ2v) is 8.66. The van der Waals surface area contributed by atoms with Gasteiger partial charge in [-0.25, -0.2) is 0 Å². The number of ether oxygens (including phenoxy) is 1. The van der Waals surface area contributed by atoms with Crippen molar-refractivity contribution in [1.29, 1.82) is 5.26 Å². The standard InChI is InChI=1S/C27H21Cl3N2O2/c1-3-5-20-12-18(9-11-26(20)34-16-19-8-10-23(29)24(30)14-19)13-21(15-31)27(33)32-25-7-4-6-22(28)17(25)2/h3-4,6-14H,1,5,16H2,2H3,(H,32,33)/b21-13+. The Morgan fingerprint density at radius 3 is 2.59 bits per heavy atom. The molecule has 0 aliphatic carbocycles. The summed E-state index contributed by atoms with van der Waals surface area (Å²) in [6.45, 7) is 5.91. The van der Waals surface area contributed by atoms with Gasteiger partial charge in [0.05, 0.1) is 10.0 Å². The average Bonchev–Trinajstić information content (AvgIpc) is 2.82. The Morgan fingerprint density at radius 2 is 1.88 bits per heavy atom. The second-order valence-electron chi connectivity index (χ2n) is 7.43. The number of halogens is 3. The maximum absolute atomic E-state index is 12.7. The van der Waals surface area contributed by atoms with Crippen molar-refractivity contribution in [3.8, 4) is 11.8 Å².